The molecule has 40 heavy (non-hydrogen) atoms. The number of fused-ring (bicyclic) bond motifs is 4. The summed E-state index contributed by atoms with van der Waals surface area (Å²) in [5.41, 5.74) is 0.671. The summed E-state index contributed by atoms with van der Waals surface area (Å²) in [7, 11) is 0. The van der Waals surface area contributed by atoms with Gasteiger partial charge in [-0.3, -0.25) is 4.90 Å². The Hall–Kier alpha value is -3.63. The summed E-state index contributed by atoms with van der Waals surface area (Å²) in [5.74, 6) is -0.0882. The van der Waals surface area contributed by atoms with Crippen LogP contribution in [-0.4, -0.2) is 77.4 Å². The summed E-state index contributed by atoms with van der Waals surface area (Å²) in [5, 5.41) is 4.84. The van der Waals surface area contributed by atoms with Crippen molar-refractivity contribution in [3.63, 3.8) is 0 Å². The third kappa shape index (κ3) is 3.65. The highest BCUT2D eigenvalue weighted by molar-refractivity contribution is 6.01. The smallest absolute Gasteiger partial charge is 0.319 e. The molecule has 1 N–H and O–H groups in total. The van der Waals surface area contributed by atoms with Crippen molar-refractivity contribution >= 4 is 27.5 Å². The Balaban J connectivity index is 1.31. The number of benzene rings is 2. The minimum Gasteiger partial charge on any atom is -0.475 e. The van der Waals surface area contributed by atoms with E-state index in [0.717, 1.165) is 45.3 Å². The third-order valence-corrected chi connectivity index (χ3v) is 9.15. The maximum absolute atomic E-state index is 16.6. The number of hydrogen-bond acceptors (Lipinski definition) is 8. The quantitative estimate of drug-likeness (QED) is 0.408. The van der Waals surface area contributed by atoms with Gasteiger partial charge in [0.05, 0.1) is 11.6 Å². The Morgan fingerprint density at radius 2 is 1.82 bits per heavy atom. The predicted octanol–water partition coefficient (Wildman–Crippen LogP) is 4.30. The monoisotopic (exact) mass is 544 g/mol. The summed E-state index contributed by atoms with van der Waals surface area (Å²) in [6.07, 6.45) is 4.49. The average Bonchev–Trinajstić information content (AvgIpc) is 3.52. The molecule has 0 unspecified atom stereocenters. The Labute approximate surface area is 230 Å². The van der Waals surface area contributed by atoms with Crippen LogP contribution in [0.1, 0.15) is 25.7 Å². The van der Waals surface area contributed by atoms with Gasteiger partial charge >= 0.3 is 6.01 Å². The standard InChI is InChI=1S/C30H30F2N6O2/c31-22-8-2-5-19-20(22)6-1-7-21(19)25-24(32)26-23-27(38-14-11-33-15-18(38)16-39-28(23)34-25)36-29(35-26)40-17-30-9-3-12-37(30)13-4-10-30/h1-2,5-8,18,33H,3-4,9-17H2/t18-/m0/s1. The molecule has 8 nitrogen and oxygen atoms in total. The van der Waals surface area contributed by atoms with E-state index in [4.69, 9.17) is 14.5 Å². The maximum Gasteiger partial charge on any atom is 0.319 e. The molecule has 8 rings (SSSR count). The molecule has 0 aliphatic carbocycles. The van der Waals surface area contributed by atoms with Crippen LogP contribution in [-0.2, 0) is 0 Å². The van der Waals surface area contributed by atoms with Gasteiger partial charge in [-0.25, -0.2) is 13.8 Å². The highest BCUT2D eigenvalue weighted by atomic mass is 19.1. The van der Waals surface area contributed by atoms with Crippen LogP contribution in [0.4, 0.5) is 14.6 Å². The second kappa shape index (κ2) is 9.21. The van der Waals surface area contributed by atoms with Gasteiger partial charge in [-0.2, -0.15) is 9.97 Å². The topological polar surface area (TPSA) is 75.6 Å². The number of nitrogens with zero attached hydrogens (tertiary/aromatic N) is 5. The van der Waals surface area contributed by atoms with Crippen LogP contribution in [0.25, 0.3) is 32.9 Å². The minimum absolute atomic E-state index is 0.00538. The number of ether oxygens (including phenoxy) is 2. The number of hydrogen-bond donors (Lipinski definition) is 1. The lowest BCUT2D eigenvalue weighted by molar-refractivity contribution is 0.108. The maximum atomic E-state index is 16.6. The Morgan fingerprint density at radius 1 is 1.00 bits per heavy atom. The molecule has 3 fully saturated rings. The second-order valence-corrected chi connectivity index (χ2v) is 11.3. The molecule has 0 bridgehead atoms. The van der Waals surface area contributed by atoms with Gasteiger partial charge in [0.25, 0.3) is 0 Å². The van der Waals surface area contributed by atoms with Crippen molar-refractivity contribution in [2.75, 3.05) is 50.8 Å². The molecule has 206 valence electrons. The van der Waals surface area contributed by atoms with Gasteiger partial charge in [0, 0.05) is 30.6 Å². The first-order valence-electron chi connectivity index (χ1n) is 14.2. The molecule has 10 heteroatoms. The van der Waals surface area contributed by atoms with E-state index in [9.17, 15) is 4.39 Å². The molecule has 1 atom stereocenters. The van der Waals surface area contributed by atoms with Gasteiger partial charge in [0.2, 0.25) is 5.88 Å². The van der Waals surface area contributed by atoms with Crippen LogP contribution in [0, 0.1) is 11.6 Å². The zero-order valence-corrected chi connectivity index (χ0v) is 22.1. The summed E-state index contributed by atoms with van der Waals surface area (Å²) in [6.45, 7) is 5.22. The number of nitrogens with one attached hydrogen (secondary N) is 1. The SMILES string of the molecule is Fc1cccc2c(-c3nc4c5c(nc(OCC67CCCN6CCC7)nc5c3F)N3CCNC[C@H]3CO4)cccc12. The number of anilines is 1. The van der Waals surface area contributed by atoms with Gasteiger partial charge in [-0.15, -0.1) is 0 Å². The van der Waals surface area contributed by atoms with E-state index < -0.39 is 5.82 Å². The number of aromatic nitrogens is 3. The molecule has 0 spiro atoms. The van der Waals surface area contributed by atoms with Crippen molar-refractivity contribution in [1.82, 2.24) is 25.2 Å². The zero-order chi connectivity index (χ0) is 26.8. The first kappa shape index (κ1) is 24.2. The van der Waals surface area contributed by atoms with Crippen LogP contribution in [0.15, 0.2) is 36.4 Å². The lowest BCUT2D eigenvalue weighted by Gasteiger charge is -2.35. The molecule has 0 amide bonds. The van der Waals surface area contributed by atoms with Crippen LogP contribution >= 0.6 is 0 Å². The molecule has 2 aromatic carbocycles. The Kier molecular flexibility index (Phi) is 5.57. The first-order chi connectivity index (χ1) is 19.6. The van der Waals surface area contributed by atoms with E-state index in [1.165, 1.54) is 6.07 Å². The second-order valence-electron chi connectivity index (χ2n) is 11.3. The van der Waals surface area contributed by atoms with Gasteiger partial charge in [0.1, 0.15) is 41.4 Å². The van der Waals surface area contributed by atoms with Crippen LogP contribution in [0.5, 0.6) is 11.9 Å². The van der Waals surface area contributed by atoms with E-state index in [0.29, 0.717) is 53.8 Å². The fraction of sp³-hybridized carbons (Fsp3) is 0.433. The lowest BCUT2D eigenvalue weighted by atomic mass is 9.95. The van der Waals surface area contributed by atoms with Crippen molar-refractivity contribution in [3.05, 3.63) is 48.0 Å². The van der Waals surface area contributed by atoms with Gasteiger partial charge in [0.15, 0.2) is 5.82 Å². The molecule has 3 saturated heterocycles. The molecule has 0 radical (unpaired) electrons. The van der Waals surface area contributed by atoms with Crippen molar-refractivity contribution in [2.24, 2.45) is 0 Å². The average molecular weight is 545 g/mol. The molecule has 6 heterocycles. The van der Waals surface area contributed by atoms with Crippen molar-refractivity contribution in [3.8, 4) is 23.1 Å². The summed E-state index contributed by atoms with van der Waals surface area (Å²) in [4.78, 5) is 18.9. The van der Waals surface area contributed by atoms with Gasteiger partial charge in [-0.05, 0) is 50.2 Å². The Bertz CT molecular complexity index is 1640. The van der Waals surface area contributed by atoms with Crippen molar-refractivity contribution in [2.45, 2.75) is 37.3 Å². The number of pyridine rings is 1. The van der Waals surface area contributed by atoms with E-state index in [1.54, 1.807) is 30.3 Å². The number of piperazine rings is 1. The van der Waals surface area contributed by atoms with E-state index >= 15 is 4.39 Å². The normalized spacial score (nSPS) is 21.8. The van der Waals surface area contributed by atoms with Gasteiger partial charge < -0.3 is 19.7 Å². The predicted molar refractivity (Wildman–Crippen MR) is 148 cm³/mol. The Morgan fingerprint density at radius 3 is 2.70 bits per heavy atom. The molecule has 4 aliphatic heterocycles. The molecule has 4 aromatic rings. The minimum atomic E-state index is -0.595. The number of halogens is 2. The lowest BCUT2D eigenvalue weighted by Crippen LogP contribution is -2.53. The van der Waals surface area contributed by atoms with E-state index in [1.807, 2.05) is 0 Å². The van der Waals surface area contributed by atoms with Crippen LogP contribution in [0.2, 0.25) is 0 Å². The summed E-state index contributed by atoms with van der Waals surface area (Å²) >= 11 is 0. The number of rotatable bonds is 4. The molecule has 0 saturated carbocycles. The molecular formula is C30H30F2N6O2. The largest absolute Gasteiger partial charge is 0.475 e. The molecule has 2 aromatic heterocycles. The summed E-state index contributed by atoms with van der Waals surface area (Å²) < 4.78 is 43.8. The highest BCUT2D eigenvalue weighted by Crippen LogP contribution is 2.43. The molecule has 4 aliphatic rings. The van der Waals surface area contributed by atoms with Crippen LogP contribution < -0.4 is 19.7 Å². The fourth-order valence-electron chi connectivity index (χ4n) is 7.16. The van der Waals surface area contributed by atoms with Crippen molar-refractivity contribution in [1.29, 1.82) is 0 Å². The van der Waals surface area contributed by atoms with Crippen LogP contribution in [0.3, 0.4) is 0 Å². The van der Waals surface area contributed by atoms with Gasteiger partial charge in [-0.1, -0.05) is 30.3 Å². The molecular weight excluding hydrogens is 514 g/mol. The van der Waals surface area contributed by atoms with E-state index in [-0.39, 0.29) is 40.5 Å². The first-order valence-corrected chi connectivity index (χ1v) is 14.2. The fourth-order valence-corrected chi connectivity index (χ4v) is 7.16. The zero-order valence-electron chi connectivity index (χ0n) is 22.1. The van der Waals surface area contributed by atoms with Crippen molar-refractivity contribution < 1.29 is 18.3 Å². The highest BCUT2D eigenvalue weighted by Gasteiger charge is 2.45. The summed E-state index contributed by atoms with van der Waals surface area (Å²) in [6, 6.07) is 10.1. The third-order valence-electron chi connectivity index (χ3n) is 9.15. The van der Waals surface area contributed by atoms with E-state index in [2.05, 4.69) is 25.1 Å².